The third-order valence-corrected chi connectivity index (χ3v) is 3.43. The van der Waals surface area contributed by atoms with Crippen LogP contribution in [-0.4, -0.2) is 31.5 Å². The van der Waals surface area contributed by atoms with Crippen LogP contribution in [0, 0.1) is 0 Å². The fourth-order valence-electron chi connectivity index (χ4n) is 1.80. The first-order valence-electron chi connectivity index (χ1n) is 5.01. The Labute approximate surface area is 98.8 Å². The quantitative estimate of drug-likeness (QED) is 0.725. The summed E-state index contributed by atoms with van der Waals surface area (Å²) in [6, 6.07) is 5.35. The van der Waals surface area contributed by atoms with Crippen molar-refractivity contribution in [1.82, 2.24) is 0 Å². The molecule has 1 atom stereocenters. The summed E-state index contributed by atoms with van der Waals surface area (Å²) in [7, 11) is -4.26. The van der Waals surface area contributed by atoms with Crippen LogP contribution in [0.4, 0.5) is 5.69 Å². The second-order valence-corrected chi connectivity index (χ2v) is 5.36. The van der Waals surface area contributed by atoms with E-state index in [1.165, 1.54) is 23.1 Å². The van der Waals surface area contributed by atoms with Gasteiger partial charge in [0.25, 0.3) is 10.1 Å². The molecule has 1 unspecified atom stereocenters. The van der Waals surface area contributed by atoms with Crippen molar-refractivity contribution in [2.75, 3.05) is 11.4 Å². The molecule has 1 aliphatic heterocycles. The summed E-state index contributed by atoms with van der Waals surface area (Å²) >= 11 is 0. The molecule has 1 aromatic rings. The minimum atomic E-state index is -4.26. The molecule has 17 heavy (non-hydrogen) atoms. The Morgan fingerprint density at radius 3 is 2.65 bits per heavy atom. The van der Waals surface area contributed by atoms with Crippen molar-refractivity contribution in [1.29, 1.82) is 0 Å². The molecule has 0 spiro atoms. The molecule has 1 aliphatic rings. The van der Waals surface area contributed by atoms with E-state index in [2.05, 4.69) is 0 Å². The maximum Gasteiger partial charge on any atom is 0.294 e. The molecule has 0 aliphatic carbocycles. The number of hydrogen-bond acceptors (Lipinski definition) is 4. The van der Waals surface area contributed by atoms with Crippen LogP contribution in [0.3, 0.4) is 0 Å². The number of carbonyl (C=O) groups excluding carboxylic acids is 1. The number of nitrogens with zero attached hydrogens (tertiary/aromatic N) is 1. The second-order valence-electron chi connectivity index (χ2n) is 3.94. The van der Waals surface area contributed by atoms with Gasteiger partial charge in [0, 0.05) is 24.7 Å². The van der Waals surface area contributed by atoms with Crippen LogP contribution in [0.2, 0.25) is 0 Å². The molecule has 1 heterocycles. The van der Waals surface area contributed by atoms with Crippen molar-refractivity contribution in [3.8, 4) is 0 Å². The van der Waals surface area contributed by atoms with E-state index in [1.54, 1.807) is 6.07 Å². The lowest BCUT2D eigenvalue weighted by molar-refractivity contribution is -0.117. The predicted molar refractivity (Wildman–Crippen MR) is 61.2 cm³/mol. The van der Waals surface area contributed by atoms with Gasteiger partial charge in [-0.2, -0.15) is 8.42 Å². The third kappa shape index (κ3) is 2.46. The van der Waals surface area contributed by atoms with Crippen molar-refractivity contribution < 1.29 is 17.8 Å². The van der Waals surface area contributed by atoms with Gasteiger partial charge in [0.05, 0.1) is 4.90 Å². The first-order valence-corrected chi connectivity index (χ1v) is 6.45. The summed E-state index contributed by atoms with van der Waals surface area (Å²) < 4.78 is 30.9. The molecular weight excluding hydrogens is 244 g/mol. The van der Waals surface area contributed by atoms with E-state index >= 15 is 0 Å². The summed E-state index contributed by atoms with van der Waals surface area (Å²) in [6.07, 6.45) is 0.246. The lowest BCUT2D eigenvalue weighted by Crippen LogP contribution is -2.28. The Hall–Kier alpha value is -1.44. The van der Waals surface area contributed by atoms with E-state index in [9.17, 15) is 13.2 Å². The van der Waals surface area contributed by atoms with Gasteiger partial charge >= 0.3 is 0 Å². The first kappa shape index (κ1) is 12.0. The monoisotopic (exact) mass is 256 g/mol. The van der Waals surface area contributed by atoms with Crippen LogP contribution < -0.4 is 10.6 Å². The lowest BCUT2D eigenvalue weighted by Gasteiger charge is -2.16. The molecule has 0 radical (unpaired) electrons. The van der Waals surface area contributed by atoms with Crippen molar-refractivity contribution in [3.05, 3.63) is 24.3 Å². The van der Waals surface area contributed by atoms with Gasteiger partial charge in [-0.1, -0.05) is 6.07 Å². The molecule has 7 heteroatoms. The maximum atomic E-state index is 11.6. The zero-order chi connectivity index (χ0) is 12.6. The van der Waals surface area contributed by atoms with Crippen molar-refractivity contribution in [2.45, 2.75) is 17.4 Å². The summed E-state index contributed by atoms with van der Waals surface area (Å²) in [5.74, 6) is -0.148. The Kier molecular flexibility index (Phi) is 2.90. The highest BCUT2D eigenvalue weighted by Gasteiger charge is 2.28. The van der Waals surface area contributed by atoms with Gasteiger partial charge in [-0.15, -0.1) is 0 Å². The molecule has 2 rings (SSSR count). The first-order chi connectivity index (χ1) is 7.88. The van der Waals surface area contributed by atoms with Gasteiger partial charge in [0.15, 0.2) is 0 Å². The minimum absolute atomic E-state index is 0.148. The van der Waals surface area contributed by atoms with Gasteiger partial charge in [0.1, 0.15) is 0 Å². The van der Waals surface area contributed by atoms with Crippen molar-refractivity contribution in [3.63, 3.8) is 0 Å². The van der Waals surface area contributed by atoms with E-state index in [1.807, 2.05) is 0 Å². The van der Waals surface area contributed by atoms with Gasteiger partial charge in [-0.25, -0.2) is 0 Å². The van der Waals surface area contributed by atoms with Gasteiger partial charge in [0.2, 0.25) is 5.91 Å². The van der Waals surface area contributed by atoms with Gasteiger partial charge in [-0.3, -0.25) is 9.35 Å². The summed E-state index contributed by atoms with van der Waals surface area (Å²) in [4.78, 5) is 12.8. The number of benzene rings is 1. The lowest BCUT2D eigenvalue weighted by atomic mass is 10.3. The highest BCUT2D eigenvalue weighted by atomic mass is 32.2. The van der Waals surface area contributed by atoms with Crippen LogP contribution in [0.1, 0.15) is 6.42 Å². The van der Waals surface area contributed by atoms with Crippen LogP contribution in [0.25, 0.3) is 0 Å². The highest BCUT2D eigenvalue weighted by molar-refractivity contribution is 7.85. The number of carbonyl (C=O) groups is 1. The highest BCUT2D eigenvalue weighted by Crippen LogP contribution is 2.23. The number of hydrogen-bond donors (Lipinski definition) is 2. The fourth-order valence-corrected chi connectivity index (χ4v) is 2.32. The molecule has 1 aromatic carbocycles. The molecule has 3 N–H and O–H groups in total. The van der Waals surface area contributed by atoms with Crippen LogP contribution in [-0.2, 0) is 14.9 Å². The molecule has 6 nitrogen and oxygen atoms in total. The molecule has 1 amide bonds. The van der Waals surface area contributed by atoms with Crippen LogP contribution in [0.15, 0.2) is 29.2 Å². The zero-order valence-electron chi connectivity index (χ0n) is 8.91. The van der Waals surface area contributed by atoms with E-state index in [0.717, 1.165) is 0 Å². The topological polar surface area (TPSA) is 101 Å². The van der Waals surface area contributed by atoms with E-state index in [-0.39, 0.29) is 23.3 Å². The Morgan fingerprint density at radius 1 is 1.41 bits per heavy atom. The van der Waals surface area contributed by atoms with Gasteiger partial charge < -0.3 is 10.6 Å². The van der Waals surface area contributed by atoms with Crippen LogP contribution >= 0.6 is 0 Å². The summed E-state index contributed by atoms with van der Waals surface area (Å²) in [6.45, 7) is 0.355. The smallest absolute Gasteiger partial charge is 0.294 e. The average Bonchev–Trinajstić information content (AvgIpc) is 2.57. The van der Waals surface area contributed by atoms with Gasteiger partial charge in [-0.05, 0) is 18.2 Å². The third-order valence-electron chi connectivity index (χ3n) is 2.58. The summed E-state index contributed by atoms with van der Waals surface area (Å²) in [5.41, 5.74) is 6.08. The number of amides is 1. The average molecular weight is 256 g/mol. The Balaban J connectivity index is 2.38. The van der Waals surface area contributed by atoms with E-state index < -0.39 is 10.1 Å². The van der Waals surface area contributed by atoms with E-state index in [0.29, 0.717) is 12.2 Å². The molecular formula is C10H12N2O4S. The number of rotatable bonds is 2. The zero-order valence-corrected chi connectivity index (χ0v) is 9.72. The maximum absolute atomic E-state index is 11.6. The molecule has 92 valence electrons. The molecule has 0 saturated carbocycles. The normalized spacial score (nSPS) is 20.9. The second kappa shape index (κ2) is 4.10. The number of nitrogens with two attached hydrogens (primary N) is 1. The fraction of sp³-hybridized carbons (Fsp3) is 0.300. The molecule has 0 aromatic heterocycles. The van der Waals surface area contributed by atoms with E-state index in [4.69, 9.17) is 10.3 Å². The summed E-state index contributed by atoms with van der Waals surface area (Å²) in [5, 5.41) is 0. The Bertz CT molecular complexity index is 555. The molecule has 1 saturated heterocycles. The van der Waals surface area contributed by atoms with Crippen LogP contribution in [0.5, 0.6) is 0 Å². The molecule has 1 fully saturated rings. The van der Waals surface area contributed by atoms with Crippen molar-refractivity contribution >= 4 is 21.7 Å². The predicted octanol–water partition coefficient (Wildman–Crippen LogP) is -0.00270. The standard InChI is InChI=1S/C10H12N2O4S/c11-7-4-10(13)12(6-7)8-2-1-3-9(5-8)17(14,15)16/h1-3,5,7H,4,6,11H2,(H,14,15,16). The molecule has 0 bridgehead atoms. The van der Waals surface area contributed by atoms with Crippen molar-refractivity contribution in [2.24, 2.45) is 5.73 Å². The number of anilines is 1. The Morgan fingerprint density at radius 2 is 2.12 bits per heavy atom. The SMILES string of the molecule is NC1CC(=O)N(c2cccc(S(=O)(=O)O)c2)C1. The largest absolute Gasteiger partial charge is 0.326 e. The minimum Gasteiger partial charge on any atom is -0.326 e.